The third kappa shape index (κ3) is 5.19. The van der Waals surface area contributed by atoms with Crippen LogP contribution in [0, 0.1) is 11.3 Å². The summed E-state index contributed by atoms with van der Waals surface area (Å²) in [5.74, 6) is -2.48. The fourth-order valence-corrected chi connectivity index (χ4v) is 4.14. The van der Waals surface area contributed by atoms with Crippen molar-refractivity contribution in [2.24, 2.45) is 5.73 Å². The van der Waals surface area contributed by atoms with Gasteiger partial charge in [0.1, 0.15) is 11.5 Å². The molecular weight excluding hydrogens is 448 g/mol. The number of carbonyl (C=O) groups is 2. The van der Waals surface area contributed by atoms with E-state index in [2.05, 4.69) is 6.07 Å². The number of allylic oxidation sites excluding steroid dienone is 1. The Kier molecular flexibility index (Phi) is 8.25. The van der Waals surface area contributed by atoms with Crippen molar-refractivity contribution in [1.82, 2.24) is 4.90 Å². The summed E-state index contributed by atoms with van der Waals surface area (Å²) in [5.41, 5.74) is 8.42. The molecule has 0 aliphatic carbocycles. The number of carbonyl (C=O) groups excluding carboxylic acids is 2. The Morgan fingerprint density at radius 1 is 1.11 bits per heavy atom. The molecule has 9 heteroatoms. The molecule has 0 fully saturated rings. The van der Waals surface area contributed by atoms with Crippen LogP contribution < -0.4 is 10.6 Å². The monoisotopic (exact) mass is 476 g/mol. The molecule has 1 heterocycles. The number of hydrogen-bond donors (Lipinski definition) is 2. The zero-order chi connectivity index (χ0) is 25.5. The SMILES string of the molecule is COC(=O)C1=C(C(=O)OC)N(c2cccc(CN(C)CCO)c2)C(N)=C(C#N)C1c1ccccc1. The number of likely N-dealkylation sites (N-methyl/N-ethyl adjacent to an activating group) is 1. The van der Waals surface area contributed by atoms with Gasteiger partial charge in [0.15, 0.2) is 0 Å². The molecule has 1 aliphatic heterocycles. The second kappa shape index (κ2) is 11.3. The Hall–Kier alpha value is -4.13. The van der Waals surface area contributed by atoms with E-state index in [1.165, 1.54) is 19.1 Å². The van der Waals surface area contributed by atoms with Crippen molar-refractivity contribution < 1.29 is 24.2 Å². The Bertz CT molecular complexity index is 1200. The van der Waals surface area contributed by atoms with Crippen LogP contribution in [0.25, 0.3) is 0 Å². The molecule has 0 amide bonds. The van der Waals surface area contributed by atoms with Crippen molar-refractivity contribution in [2.75, 3.05) is 39.3 Å². The first kappa shape index (κ1) is 25.5. The molecule has 2 aromatic carbocycles. The number of aliphatic hydroxyl groups is 1. The van der Waals surface area contributed by atoms with Crippen molar-refractivity contribution in [1.29, 1.82) is 5.26 Å². The lowest BCUT2D eigenvalue weighted by molar-refractivity contribution is -0.139. The molecule has 0 bridgehead atoms. The Morgan fingerprint density at radius 3 is 2.40 bits per heavy atom. The minimum atomic E-state index is -0.919. The van der Waals surface area contributed by atoms with E-state index >= 15 is 0 Å². The highest BCUT2D eigenvalue weighted by atomic mass is 16.5. The highest BCUT2D eigenvalue weighted by Gasteiger charge is 2.42. The van der Waals surface area contributed by atoms with Crippen molar-refractivity contribution in [3.8, 4) is 6.07 Å². The third-order valence-electron chi connectivity index (χ3n) is 5.71. The lowest BCUT2D eigenvalue weighted by Crippen LogP contribution is -2.40. The van der Waals surface area contributed by atoms with Gasteiger partial charge in [-0.25, -0.2) is 9.59 Å². The summed E-state index contributed by atoms with van der Waals surface area (Å²) in [6, 6.07) is 18.2. The van der Waals surface area contributed by atoms with Crippen LogP contribution in [-0.2, 0) is 25.6 Å². The van der Waals surface area contributed by atoms with Gasteiger partial charge in [-0.15, -0.1) is 0 Å². The molecule has 35 heavy (non-hydrogen) atoms. The lowest BCUT2D eigenvalue weighted by atomic mass is 9.81. The van der Waals surface area contributed by atoms with Crippen LogP contribution in [0.15, 0.2) is 77.3 Å². The number of benzene rings is 2. The molecule has 1 atom stereocenters. The van der Waals surface area contributed by atoms with Gasteiger partial charge in [0.25, 0.3) is 0 Å². The van der Waals surface area contributed by atoms with Gasteiger partial charge >= 0.3 is 11.9 Å². The maximum atomic E-state index is 13.1. The van der Waals surface area contributed by atoms with Crippen LogP contribution in [0.4, 0.5) is 5.69 Å². The van der Waals surface area contributed by atoms with Crippen molar-refractivity contribution >= 4 is 17.6 Å². The number of nitrogens with two attached hydrogens (primary N) is 1. The van der Waals surface area contributed by atoms with Crippen molar-refractivity contribution in [3.05, 3.63) is 88.4 Å². The van der Waals surface area contributed by atoms with Gasteiger partial charge in [-0.3, -0.25) is 9.80 Å². The normalized spacial score (nSPS) is 15.8. The molecule has 2 aromatic rings. The van der Waals surface area contributed by atoms with E-state index in [4.69, 9.17) is 15.2 Å². The summed E-state index contributed by atoms with van der Waals surface area (Å²) in [6.45, 7) is 1.01. The highest BCUT2D eigenvalue weighted by Crippen LogP contribution is 2.43. The number of methoxy groups -OCH3 is 2. The van der Waals surface area contributed by atoms with Gasteiger partial charge in [0.05, 0.1) is 44.0 Å². The molecule has 0 aromatic heterocycles. The maximum absolute atomic E-state index is 13.1. The van der Waals surface area contributed by atoms with E-state index in [-0.39, 0.29) is 29.3 Å². The summed E-state index contributed by atoms with van der Waals surface area (Å²) in [6.07, 6.45) is 0. The largest absolute Gasteiger partial charge is 0.466 e. The molecule has 0 radical (unpaired) electrons. The molecule has 3 rings (SSSR count). The average molecular weight is 477 g/mol. The second-order valence-corrected chi connectivity index (χ2v) is 7.97. The molecule has 1 aliphatic rings. The average Bonchev–Trinajstić information content (AvgIpc) is 2.87. The van der Waals surface area contributed by atoms with Crippen LogP contribution in [-0.4, -0.2) is 56.4 Å². The van der Waals surface area contributed by atoms with Gasteiger partial charge < -0.3 is 20.3 Å². The van der Waals surface area contributed by atoms with Gasteiger partial charge in [0.2, 0.25) is 0 Å². The minimum Gasteiger partial charge on any atom is -0.466 e. The minimum absolute atomic E-state index is 0.00951. The predicted octanol–water partition coefficient (Wildman–Crippen LogP) is 2.01. The second-order valence-electron chi connectivity index (χ2n) is 7.97. The summed E-state index contributed by atoms with van der Waals surface area (Å²) < 4.78 is 10.1. The molecule has 3 N–H and O–H groups in total. The first-order valence-corrected chi connectivity index (χ1v) is 10.9. The first-order valence-electron chi connectivity index (χ1n) is 10.9. The topological polar surface area (TPSA) is 129 Å². The number of anilines is 1. The predicted molar refractivity (Wildman–Crippen MR) is 129 cm³/mol. The number of nitriles is 1. The van der Waals surface area contributed by atoms with E-state index in [1.807, 2.05) is 18.0 Å². The number of ether oxygens (including phenoxy) is 2. The van der Waals surface area contributed by atoms with Gasteiger partial charge in [-0.05, 0) is 30.3 Å². The van der Waals surface area contributed by atoms with Crippen molar-refractivity contribution in [3.63, 3.8) is 0 Å². The Balaban J connectivity index is 2.28. The van der Waals surface area contributed by atoms with Crippen LogP contribution in [0.1, 0.15) is 17.0 Å². The quantitative estimate of drug-likeness (QED) is 0.550. The van der Waals surface area contributed by atoms with Crippen LogP contribution in [0.5, 0.6) is 0 Å². The smallest absolute Gasteiger partial charge is 0.355 e. The molecule has 182 valence electrons. The van der Waals surface area contributed by atoms with E-state index in [0.717, 1.165) is 5.56 Å². The molecular formula is C26H28N4O5. The van der Waals surface area contributed by atoms with Gasteiger partial charge in [-0.1, -0.05) is 42.5 Å². The molecule has 0 saturated heterocycles. The van der Waals surface area contributed by atoms with E-state index in [1.54, 1.807) is 48.5 Å². The number of esters is 2. The third-order valence-corrected chi connectivity index (χ3v) is 5.71. The van der Waals surface area contributed by atoms with E-state index in [0.29, 0.717) is 24.3 Å². The molecule has 0 saturated carbocycles. The standard InChI is InChI=1S/C26H28N4O5/c1-29(12-13-31)16-17-8-7-11-19(14-17)30-23(26(33)35-3)22(25(32)34-2)21(20(15-27)24(30)28)18-9-5-4-6-10-18/h4-11,14,21,31H,12-13,16,28H2,1-3H3. The van der Waals surface area contributed by atoms with E-state index in [9.17, 15) is 20.0 Å². The zero-order valence-electron chi connectivity index (χ0n) is 19.9. The summed E-state index contributed by atoms with van der Waals surface area (Å²) in [4.78, 5) is 29.5. The summed E-state index contributed by atoms with van der Waals surface area (Å²) >= 11 is 0. The first-order chi connectivity index (χ1) is 16.9. The van der Waals surface area contributed by atoms with Gasteiger partial charge in [-0.2, -0.15) is 5.26 Å². The summed E-state index contributed by atoms with van der Waals surface area (Å²) in [7, 11) is 4.29. The fraction of sp³-hybridized carbons (Fsp3) is 0.269. The number of aliphatic hydroxyl groups excluding tert-OH is 1. The number of rotatable bonds is 8. The van der Waals surface area contributed by atoms with E-state index < -0.39 is 17.9 Å². The lowest BCUT2D eigenvalue weighted by Gasteiger charge is -2.36. The highest BCUT2D eigenvalue weighted by molar-refractivity contribution is 6.06. The van der Waals surface area contributed by atoms with Crippen LogP contribution in [0.2, 0.25) is 0 Å². The number of hydrogen-bond acceptors (Lipinski definition) is 9. The molecule has 9 nitrogen and oxygen atoms in total. The maximum Gasteiger partial charge on any atom is 0.355 e. The Morgan fingerprint density at radius 2 is 1.80 bits per heavy atom. The Labute approximate surface area is 204 Å². The molecule has 0 spiro atoms. The van der Waals surface area contributed by atoms with Crippen LogP contribution in [0.3, 0.4) is 0 Å². The van der Waals surface area contributed by atoms with Gasteiger partial charge in [0, 0.05) is 18.8 Å². The summed E-state index contributed by atoms with van der Waals surface area (Å²) in [5, 5.41) is 19.3. The fourth-order valence-electron chi connectivity index (χ4n) is 4.14. The molecule has 1 unspecified atom stereocenters. The zero-order valence-corrected chi connectivity index (χ0v) is 19.9. The number of nitrogens with zero attached hydrogens (tertiary/aromatic N) is 3. The van der Waals surface area contributed by atoms with Crippen molar-refractivity contribution in [2.45, 2.75) is 12.5 Å². The van der Waals surface area contributed by atoms with Crippen LogP contribution >= 0.6 is 0 Å².